The van der Waals surface area contributed by atoms with Gasteiger partial charge in [0.1, 0.15) is 17.8 Å². The Balaban J connectivity index is 0.000000494. The number of imidazole rings is 1. The van der Waals surface area contributed by atoms with Gasteiger partial charge in [-0.3, -0.25) is 9.36 Å². The number of alkyl halides is 3. The van der Waals surface area contributed by atoms with E-state index in [2.05, 4.69) is 18.8 Å². The summed E-state index contributed by atoms with van der Waals surface area (Å²) in [5, 5.41) is 0. The number of rotatable bonds is 9. The van der Waals surface area contributed by atoms with Gasteiger partial charge in [0.15, 0.2) is 0 Å². The van der Waals surface area contributed by atoms with E-state index in [1.807, 2.05) is 26.0 Å². The van der Waals surface area contributed by atoms with Crippen molar-refractivity contribution < 1.29 is 22.4 Å². The van der Waals surface area contributed by atoms with Crippen LogP contribution in [0.25, 0.3) is 16.6 Å². The molecule has 1 saturated carbocycles. The molecule has 0 bridgehead atoms. The molecule has 0 spiro atoms. The molecule has 2 heterocycles. The molecule has 1 aromatic heterocycles. The Morgan fingerprint density at radius 2 is 1.67 bits per heavy atom. The van der Waals surface area contributed by atoms with E-state index in [1.165, 1.54) is 38.7 Å². The normalized spacial score (nSPS) is 17.0. The minimum atomic E-state index is -2.72. The van der Waals surface area contributed by atoms with Crippen molar-refractivity contribution in [2.24, 2.45) is 11.8 Å². The number of allylic oxidation sites excluding steroid dienone is 1. The van der Waals surface area contributed by atoms with Crippen LogP contribution in [0, 0.1) is 24.6 Å². The number of halogens is 4. The first-order valence-electron chi connectivity index (χ1n) is 17.3. The fourth-order valence-electron chi connectivity index (χ4n) is 6.72. The van der Waals surface area contributed by atoms with Gasteiger partial charge in [0.2, 0.25) is 0 Å². The van der Waals surface area contributed by atoms with E-state index in [0.29, 0.717) is 53.9 Å². The van der Waals surface area contributed by atoms with Gasteiger partial charge < -0.3 is 4.90 Å². The van der Waals surface area contributed by atoms with Crippen LogP contribution in [0.4, 0.5) is 17.6 Å². The number of hydrogen-bond donors (Lipinski definition) is 0. The molecule has 1 aliphatic carbocycles. The molecule has 6 rings (SSSR count). The third kappa shape index (κ3) is 8.01. The predicted molar refractivity (Wildman–Crippen MR) is 186 cm³/mol. The Labute approximate surface area is 281 Å². The molecule has 1 amide bonds. The second-order valence-electron chi connectivity index (χ2n) is 13.5. The zero-order valence-corrected chi connectivity index (χ0v) is 28.7. The first kappa shape index (κ1) is 35.4. The molecule has 48 heavy (non-hydrogen) atoms. The molecule has 4 nitrogen and oxygen atoms in total. The first-order valence-corrected chi connectivity index (χ1v) is 17.3. The lowest BCUT2D eigenvalue weighted by atomic mass is 9.91. The van der Waals surface area contributed by atoms with Crippen LogP contribution in [0.15, 0.2) is 66.7 Å². The molecular formula is C40H47F4N3O. The summed E-state index contributed by atoms with van der Waals surface area (Å²) in [5.74, 6) is 1.14. The third-order valence-electron chi connectivity index (χ3n) is 9.88. The highest BCUT2D eigenvalue weighted by atomic mass is 19.3. The average molecular weight is 662 g/mol. The van der Waals surface area contributed by atoms with Gasteiger partial charge in [-0.2, -0.15) is 8.78 Å². The van der Waals surface area contributed by atoms with Crippen LogP contribution in [0.2, 0.25) is 0 Å². The van der Waals surface area contributed by atoms with Gasteiger partial charge in [-0.15, -0.1) is 0 Å². The summed E-state index contributed by atoms with van der Waals surface area (Å²) >= 11 is 0. The molecule has 4 aromatic rings. The van der Waals surface area contributed by atoms with Crippen molar-refractivity contribution in [1.82, 2.24) is 14.5 Å². The first-order chi connectivity index (χ1) is 23.0. The van der Waals surface area contributed by atoms with E-state index in [0.717, 1.165) is 33.1 Å². The number of hydrogen-bond acceptors (Lipinski definition) is 2. The molecule has 3 aromatic carbocycles. The number of carbonyl (C=O) groups is 1. The SMILES string of the molecule is C/C=C(/c1cccc(C(C)F)c1)c1cc(F)c(C(=O)N2CCC(c3nc4ccccc4n3C(F)F)CC2)cc1C.CCC(C)CC1CC1. The Morgan fingerprint density at radius 1 is 0.958 bits per heavy atom. The van der Waals surface area contributed by atoms with E-state index in [1.54, 1.807) is 53.4 Å². The molecule has 2 atom stereocenters. The van der Waals surface area contributed by atoms with Crippen molar-refractivity contribution in [1.29, 1.82) is 0 Å². The second-order valence-corrected chi connectivity index (χ2v) is 13.5. The summed E-state index contributed by atoms with van der Waals surface area (Å²) in [4.78, 5) is 19.4. The van der Waals surface area contributed by atoms with Crippen LogP contribution in [0.5, 0.6) is 0 Å². The van der Waals surface area contributed by atoms with Crippen molar-refractivity contribution in [3.63, 3.8) is 0 Å². The monoisotopic (exact) mass is 661 g/mol. The molecule has 0 N–H and O–H groups in total. The Bertz CT molecular complexity index is 1750. The van der Waals surface area contributed by atoms with E-state index in [4.69, 9.17) is 0 Å². The van der Waals surface area contributed by atoms with E-state index in [-0.39, 0.29) is 11.5 Å². The molecule has 8 heteroatoms. The van der Waals surface area contributed by atoms with Crippen LogP contribution >= 0.6 is 0 Å². The van der Waals surface area contributed by atoms with E-state index < -0.39 is 24.4 Å². The Morgan fingerprint density at radius 3 is 2.29 bits per heavy atom. The highest BCUT2D eigenvalue weighted by Crippen LogP contribution is 2.36. The van der Waals surface area contributed by atoms with Crippen molar-refractivity contribution >= 4 is 22.5 Å². The van der Waals surface area contributed by atoms with Gasteiger partial charge in [-0.05, 0) is 110 Å². The number of nitrogens with zero attached hydrogens (tertiary/aromatic N) is 3. The van der Waals surface area contributed by atoms with E-state index in [9.17, 15) is 18.0 Å². The zero-order chi connectivity index (χ0) is 34.5. The molecule has 2 aliphatic rings. The number of likely N-dealkylation sites (tertiary alicyclic amines) is 1. The number of aryl methyl sites for hydroxylation is 1. The van der Waals surface area contributed by atoms with Gasteiger partial charge >= 0.3 is 6.55 Å². The van der Waals surface area contributed by atoms with Gasteiger partial charge in [-0.1, -0.05) is 69.5 Å². The summed E-state index contributed by atoms with van der Waals surface area (Å²) in [6.45, 7) is 7.67. The van der Waals surface area contributed by atoms with Crippen molar-refractivity contribution in [3.8, 4) is 0 Å². The zero-order valence-electron chi connectivity index (χ0n) is 28.7. The molecule has 1 saturated heterocycles. The van der Waals surface area contributed by atoms with Crippen LogP contribution in [-0.2, 0) is 0 Å². The fourth-order valence-corrected chi connectivity index (χ4v) is 6.72. The van der Waals surface area contributed by atoms with Gasteiger partial charge in [-0.25, -0.2) is 13.8 Å². The summed E-state index contributed by atoms with van der Waals surface area (Å²) in [5.41, 5.74) is 4.27. The number of carbonyl (C=O) groups excluding carboxylic acids is 1. The van der Waals surface area contributed by atoms with Crippen LogP contribution < -0.4 is 0 Å². The third-order valence-corrected chi connectivity index (χ3v) is 9.88. The lowest BCUT2D eigenvalue weighted by molar-refractivity contribution is 0.0632. The lowest BCUT2D eigenvalue weighted by Gasteiger charge is -2.32. The highest BCUT2D eigenvalue weighted by molar-refractivity contribution is 5.96. The number of benzene rings is 3. The smallest absolute Gasteiger partial charge is 0.320 e. The molecule has 1 aliphatic heterocycles. The minimum Gasteiger partial charge on any atom is -0.339 e. The van der Waals surface area contributed by atoms with Gasteiger partial charge in [0.05, 0.1) is 16.6 Å². The average Bonchev–Trinajstić information content (AvgIpc) is 3.81. The lowest BCUT2D eigenvalue weighted by Crippen LogP contribution is -2.38. The maximum absolute atomic E-state index is 15.4. The Hall–Kier alpha value is -3.94. The molecule has 2 fully saturated rings. The van der Waals surface area contributed by atoms with E-state index >= 15 is 4.39 Å². The largest absolute Gasteiger partial charge is 0.339 e. The van der Waals surface area contributed by atoms with Crippen molar-refractivity contribution in [2.45, 2.75) is 91.8 Å². The number of para-hydroxylation sites is 2. The minimum absolute atomic E-state index is 0.0268. The maximum Gasteiger partial charge on any atom is 0.320 e. The topological polar surface area (TPSA) is 38.1 Å². The Kier molecular flexibility index (Phi) is 11.4. The number of amides is 1. The number of aromatic nitrogens is 2. The number of piperidine rings is 1. The van der Waals surface area contributed by atoms with Gasteiger partial charge in [0.25, 0.3) is 5.91 Å². The maximum atomic E-state index is 15.4. The summed E-state index contributed by atoms with van der Waals surface area (Å²) in [6, 6.07) is 16.8. The quantitative estimate of drug-likeness (QED) is 0.167. The predicted octanol–water partition coefficient (Wildman–Crippen LogP) is 11.2. The summed E-state index contributed by atoms with van der Waals surface area (Å²) in [6.07, 6.45) is 7.53. The van der Waals surface area contributed by atoms with Crippen molar-refractivity contribution in [3.05, 3.63) is 106 Å². The number of fused-ring (bicyclic) bond motifs is 1. The van der Waals surface area contributed by atoms with Crippen LogP contribution in [-0.4, -0.2) is 33.4 Å². The van der Waals surface area contributed by atoms with Crippen LogP contribution in [0.1, 0.15) is 123 Å². The summed E-state index contributed by atoms with van der Waals surface area (Å²) in [7, 11) is 0. The molecule has 2 unspecified atom stereocenters. The summed E-state index contributed by atoms with van der Waals surface area (Å²) < 4.78 is 58.2. The van der Waals surface area contributed by atoms with Crippen LogP contribution in [0.3, 0.4) is 0 Å². The highest BCUT2D eigenvalue weighted by Gasteiger charge is 2.31. The molecular weight excluding hydrogens is 614 g/mol. The van der Waals surface area contributed by atoms with Crippen molar-refractivity contribution in [2.75, 3.05) is 13.1 Å². The molecule has 256 valence electrons. The fraction of sp³-hybridized carbons (Fsp3) is 0.450. The standard InChI is InChI=1S/C32H31F4N3O.C8H16/c1-4-24(23-9-7-8-22(17-23)20(3)33)25-18-27(34)26(16-19(25)2)31(40)38-14-12-21(13-15-38)30-37-28-10-5-6-11-29(28)39(30)32(35)36;1-3-7(2)6-8-4-5-8/h4-11,16-18,20-21,32H,12-15H2,1-3H3;7-8H,3-6H2,1-2H3/b24-4-;. The molecule has 0 radical (unpaired) electrons. The van der Waals surface area contributed by atoms with Gasteiger partial charge in [0, 0.05) is 19.0 Å². The second kappa shape index (κ2) is 15.5.